The lowest BCUT2D eigenvalue weighted by atomic mass is 9.88. The minimum atomic E-state index is -0.347. The summed E-state index contributed by atoms with van der Waals surface area (Å²) in [6.45, 7) is 10.6. The Labute approximate surface area is 136 Å². The number of esters is 1. The first-order valence-corrected chi connectivity index (χ1v) is 8.20. The van der Waals surface area contributed by atoms with Crippen molar-refractivity contribution in [2.75, 3.05) is 12.4 Å². The molecular weight excluding hydrogens is 304 g/mol. The standard InChI is InChI=1S/C15H24N2O2S2/c1-7-10-8-11(13(18)19-6)12(21-10)17-14(20)16-9(2)15(3,4)5/h8-9H,7H2,1-6H3,(H2,16,17,20). The summed E-state index contributed by atoms with van der Waals surface area (Å²) in [4.78, 5) is 12.9. The summed E-state index contributed by atoms with van der Waals surface area (Å²) in [5.41, 5.74) is 0.632. The van der Waals surface area contributed by atoms with Gasteiger partial charge in [0.1, 0.15) is 5.00 Å². The highest BCUT2D eigenvalue weighted by Gasteiger charge is 2.22. The molecular formula is C15H24N2O2S2. The lowest BCUT2D eigenvalue weighted by Crippen LogP contribution is -2.43. The van der Waals surface area contributed by atoms with E-state index in [-0.39, 0.29) is 17.4 Å². The molecule has 1 aromatic heterocycles. The molecule has 0 radical (unpaired) electrons. The summed E-state index contributed by atoms with van der Waals surface area (Å²) in [5, 5.41) is 7.63. The monoisotopic (exact) mass is 328 g/mol. The second kappa shape index (κ2) is 7.22. The Balaban J connectivity index is 2.85. The van der Waals surface area contributed by atoms with Crippen LogP contribution in [-0.4, -0.2) is 24.2 Å². The zero-order chi connectivity index (χ0) is 16.2. The third kappa shape index (κ3) is 4.97. The highest BCUT2D eigenvalue weighted by atomic mass is 32.1. The number of nitrogens with one attached hydrogen (secondary N) is 2. The first-order chi connectivity index (χ1) is 9.68. The van der Waals surface area contributed by atoms with Gasteiger partial charge in [-0.05, 0) is 37.0 Å². The minimum Gasteiger partial charge on any atom is -0.465 e. The zero-order valence-electron chi connectivity index (χ0n) is 13.5. The highest BCUT2D eigenvalue weighted by Crippen LogP contribution is 2.29. The molecule has 0 aromatic carbocycles. The number of hydrogen-bond donors (Lipinski definition) is 2. The fourth-order valence-corrected chi connectivity index (χ4v) is 2.86. The van der Waals surface area contributed by atoms with Gasteiger partial charge in [0.25, 0.3) is 0 Å². The van der Waals surface area contributed by atoms with E-state index in [4.69, 9.17) is 17.0 Å². The summed E-state index contributed by atoms with van der Waals surface area (Å²) in [7, 11) is 1.38. The van der Waals surface area contributed by atoms with E-state index in [0.29, 0.717) is 10.7 Å². The molecule has 1 heterocycles. The molecule has 1 atom stereocenters. The van der Waals surface area contributed by atoms with Crippen molar-refractivity contribution in [3.05, 3.63) is 16.5 Å². The second-order valence-electron chi connectivity index (χ2n) is 5.99. The molecule has 0 fully saturated rings. The molecule has 0 aliphatic heterocycles. The van der Waals surface area contributed by atoms with Crippen LogP contribution < -0.4 is 10.6 Å². The third-order valence-electron chi connectivity index (χ3n) is 3.41. The van der Waals surface area contributed by atoms with Crippen LogP contribution in [0.3, 0.4) is 0 Å². The van der Waals surface area contributed by atoms with E-state index >= 15 is 0 Å². The molecule has 4 nitrogen and oxygen atoms in total. The number of thiophene rings is 1. The fourth-order valence-electron chi connectivity index (χ4n) is 1.52. The molecule has 118 valence electrons. The largest absolute Gasteiger partial charge is 0.465 e. The van der Waals surface area contributed by atoms with E-state index in [2.05, 4.69) is 45.3 Å². The van der Waals surface area contributed by atoms with Crippen LogP contribution in [0.25, 0.3) is 0 Å². The zero-order valence-corrected chi connectivity index (χ0v) is 15.1. The topological polar surface area (TPSA) is 50.4 Å². The summed E-state index contributed by atoms with van der Waals surface area (Å²) < 4.78 is 4.82. The molecule has 1 unspecified atom stereocenters. The van der Waals surface area contributed by atoms with Crippen LogP contribution in [0.4, 0.5) is 5.00 Å². The Morgan fingerprint density at radius 2 is 2.10 bits per heavy atom. The molecule has 1 rings (SSSR count). The number of carbonyl (C=O) groups is 1. The lowest BCUT2D eigenvalue weighted by molar-refractivity contribution is 0.0602. The molecule has 6 heteroatoms. The molecule has 2 N–H and O–H groups in total. The van der Waals surface area contributed by atoms with Crippen LogP contribution in [0.5, 0.6) is 0 Å². The van der Waals surface area contributed by atoms with Crippen LogP contribution in [0.1, 0.15) is 49.9 Å². The maximum atomic E-state index is 11.8. The Morgan fingerprint density at radius 3 is 2.57 bits per heavy atom. The van der Waals surface area contributed by atoms with Gasteiger partial charge in [-0.3, -0.25) is 0 Å². The lowest BCUT2D eigenvalue weighted by Gasteiger charge is -2.29. The van der Waals surface area contributed by atoms with Gasteiger partial charge in [-0.25, -0.2) is 4.79 Å². The number of ether oxygens (including phenoxy) is 1. The molecule has 0 saturated carbocycles. The van der Waals surface area contributed by atoms with Crippen molar-refractivity contribution in [3.8, 4) is 0 Å². The highest BCUT2D eigenvalue weighted by molar-refractivity contribution is 7.80. The third-order valence-corrected chi connectivity index (χ3v) is 4.83. The summed E-state index contributed by atoms with van der Waals surface area (Å²) in [5.74, 6) is -0.347. The van der Waals surface area contributed by atoms with Crippen molar-refractivity contribution >= 4 is 39.6 Å². The summed E-state index contributed by atoms with van der Waals surface area (Å²) in [6.07, 6.45) is 0.870. The minimum absolute atomic E-state index is 0.0982. The number of carbonyl (C=O) groups excluding carboxylic acids is 1. The van der Waals surface area contributed by atoms with Gasteiger partial charge in [0, 0.05) is 10.9 Å². The van der Waals surface area contributed by atoms with E-state index in [1.54, 1.807) is 0 Å². The normalized spacial score (nSPS) is 12.7. The van der Waals surface area contributed by atoms with Gasteiger partial charge in [0.2, 0.25) is 0 Å². The summed E-state index contributed by atoms with van der Waals surface area (Å²) in [6, 6.07) is 2.07. The Morgan fingerprint density at radius 1 is 1.48 bits per heavy atom. The Kier molecular flexibility index (Phi) is 6.16. The van der Waals surface area contributed by atoms with Crippen molar-refractivity contribution in [3.63, 3.8) is 0 Å². The average molecular weight is 329 g/mol. The predicted molar refractivity (Wildman–Crippen MR) is 93.3 cm³/mol. The van der Waals surface area contributed by atoms with Crippen LogP contribution in [0.15, 0.2) is 6.07 Å². The van der Waals surface area contributed by atoms with Gasteiger partial charge >= 0.3 is 5.97 Å². The van der Waals surface area contributed by atoms with Crippen molar-refractivity contribution in [2.24, 2.45) is 5.41 Å². The molecule has 1 aromatic rings. The molecule has 0 saturated heterocycles. The second-order valence-corrected chi connectivity index (χ2v) is 7.53. The van der Waals surface area contributed by atoms with Gasteiger partial charge < -0.3 is 15.4 Å². The number of aryl methyl sites for hydroxylation is 1. The van der Waals surface area contributed by atoms with Crippen molar-refractivity contribution < 1.29 is 9.53 Å². The Bertz CT molecular complexity index is 518. The number of hydrogen-bond acceptors (Lipinski definition) is 4. The SMILES string of the molecule is CCc1cc(C(=O)OC)c(NC(=S)NC(C)C(C)(C)C)s1. The van der Waals surface area contributed by atoms with Gasteiger partial charge in [-0.1, -0.05) is 27.7 Å². The van der Waals surface area contributed by atoms with E-state index in [9.17, 15) is 4.79 Å². The average Bonchev–Trinajstić information content (AvgIpc) is 2.79. The first kappa shape index (κ1) is 17.9. The van der Waals surface area contributed by atoms with Crippen LogP contribution in [-0.2, 0) is 11.2 Å². The molecule has 21 heavy (non-hydrogen) atoms. The van der Waals surface area contributed by atoms with Crippen molar-refractivity contribution in [1.82, 2.24) is 5.32 Å². The number of thiocarbonyl (C=S) groups is 1. The molecule has 0 amide bonds. The van der Waals surface area contributed by atoms with E-state index in [1.165, 1.54) is 18.4 Å². The molecule has 0 spiro atoms. The van der Waals surface area contributed by atoms with E-state index < -0.39 is 0 Å². The van der Waals surface area contributed by atoms with Gasteiger partial charge in [-0.15, -0.1) is 11.3 Å². The van der Waals surface area contributed by atoms with Crippen LogP contribution >= 0.6 is 23.6 Å². The smallest absolute Gasteiger partial charge is 0.340 e. The summed E-state index contributed by atoms with van der Waals surface area (Å²) >= 11 is 6.87. The van der Waals surface area contributed by atoms with Crippen molar-refractivity contribution in [2.45, 2.75) is 47.1 Å². The number of methoxy groups -OCH3 is 1. The van der Waals surface area contributed by atoms with E-state index in [0.717, 1.165) is 16.3 Å². The Hall–Kier alpha value is -1.14. The van der Waals surface area contributed by atoms with Gasteiger partial charge in [0.15, 0.2) is 5.11 Å². The van der Waals surface area contributed by atoms with Crippen molar-refractivity contribution in [1.29, 1.82) is 0 Å². The molecule has 0 bridgehead atoms. The van der Waals surface area contributed by atoms with Crippen LogP contribution in [0.2, 0.25) is 0 Å². The fraction of sp³-hybridized carbons (Fsp3) is 0.600. The van der Waals surface area contributed by atoms with E-state index in [1.807, 2.05) is 6.07 Å². The maximum Gasteiger partial charge on any atom is 0.340 e. The van der Waals surface area contributed by atoms with Crippen LogP contribution in [0, 0.1) is 5.41 Å². The molecule has 0 aliphatic carbocycles. The number of rotatable bonds is 4. The van der Waals surface area contributed by atoms with Gasteiger partial charge in [0.05, 0.1) is 12.7 Å². The van der Waals surface area contributed by atoms with Gasteiger partial charge in [-0.2, -0.15) is 0 Å². The maximum absolute atomic E-state index is 11.8. The molecule has 0 aliphatic rings. The number of anilines is 1. The quantitative estimate of drug-likeness (QED) is 0.650. The first-order valence-electron chi connectivity index (χ1n) is 6.97. The predicted octanol–water partition coefficient (Wildman–Crippen LogP) is 3.82.